The van der Waals surface area contributed by atoms with Crippen LogP contribution in [0.25, 0.3) is 0 Å². The Morgan fingerprint density at radius 3 is 2.81 bits per heavy atom. The molecule has 16 heavy (non-hydrogen) atoms. The van der Waals surface area contributed by atoms with Crippen molar-refractivity contribution in [2.24, 2.45) is 0 Å². The Morgan fingerprint density at radius 2 is 2.19 bits per heavy atom. The summed E-state index contributed by atoms with van der Waals surface area (Å²) in [4.78, 5) is 13.1. The van der Waals surface area contributed by atoms with E-state index in [0.717, 1.165) is 18.2 Å². The third kappa shape index (κ3) is 2.04. The molecule has 0 bridgehead atoms. The molecule has 1 heterocycles. The first kappa shape index (κ1) is 11.0. The maximum Gasteiger partial charge on any atom is 0.257 e. The van der Waals surface area contributed by atoms with E-state index >= 15 is 0 Å². The van der Waals surface area contributed by atoms with E-state index in [0.29, 0.717) is 13.0 Å². The van der Waals surface area contributed by atoms with Crippen LogP contribution >= 0.6 is 0 Å². The quantitative estimate of drug-likeness (QED) is 0.782. The first-order valence-electron chi connectivity index (χ1n) is 5.00. The van der Waals surface area contributed by atoms with Crippen LogP contribution in [0.1, 0.15) is 16.8 Å². The standard InChI is InChI=1S/C11H11F2NO2/c12-7-1-2-10(13)9(5-7)11(16)14-4-3-8(15)6-14/h1-2,5,8,15H,3-4,6H2. The predicted octanol–water partition coefficient (Wildman–Crippen LogP) is 1.17. The van der Waals surface area contributed by atoms with Crippen LogP contribution in [0.15, 0.2) is 18.2 Å². The third-order valence-electron chi connectivity index (χ3n) is 2.61. The lowest BCUT2D eigenvalue weighted by Crippen LogP contribution is -2.30. The number of halogens is 2. The van der Waals surface area contributed by atoms with Gasteiger partial charge in [-0.15, -0.1) is 0 Å². The van der Waals surface area contributed by atoms with Crippen molar-refractivity contribution < 1.29 is 18.7 Å². The summed E-state index contributed by atoms with van der Waals surface area (Å²) in [6, 6.07) is 2.77. The molecule has 1 amide bonds. The van der Waals surface area contributed by atoms with Crippen LogP contribution in [-0.4, -0.2) is 35.1 Å². The zero-order valence-corrected chi connectivity index (χ0v) is 8.49. The summed E-state index contributed by atoms with van der Waals surface area (Å²) >= 11 is 0. The summed E-state index contributed by atoms with van der Waals surface area (Å²) in [6.07, 6.45) is -0.0940. The first-order chi connectivity index (χ1) is 7.58. The Bertz CT molecular complexity index is 422. The van der Waals surface area contributed by atoms with E-state index in [1.54, 1.807) is 0 Å². The number of benzene rings is 1. The topological polar surface area (TPSA) is 40.5 Å². The van der Waals surface area contributed by atoms with Crippen molar-refractivity contribution in [3.05, 3.63) is 35.4 Å². The van der Waals surface area contributed by atoms with Crippen molar-refractivity contribution in [3.63, 3.8) is 0 Å². The van der Waals surface area contributed by atoms with Crippen LogP contribution in [0.4, 0.5) is 8.78 Å². The molecule has 1 aromatic carbocycles. The molecule has 0 aliphatic carbocycles. The predicted molar refractivity (Wildman–Crippen MR) is 52.9 cm³/mol. The summed E-state index contributed by atoms with van der Waals surface area (Å²) in [6.45, 7) is 0.546. The minimum absolute atomic E-state index is 0.175. The van der Waals surface area contributed by atoms with Gasteiger partial charge in [0.15, 0.2) is 0 Å². The molecule has 1 N–H and O–H groups in total. The largest absolute Gasteiger partial charge is 0.391 e. The number of β-amino-alcohol motifs (C(OH)–C–C–N with tert-alkyl or cyclic N) is 1. The van der Waals surface area contributed by atoms with Gasteiger partial charge in [0.05, 0.1) is 11.7 Å². The molecule has 1 aliphatic rings. The Balaban J connectivity index is 2.23. The smallest absolute Gasteiger partial charge is 0.257 e. The Hall–Kier alpha value is -1.49. The molecule has 0 aromatic heterocycles. The van der Waals surface area contributed by atoms with Crippen molar-refractivity contribution in [1.29, 1.82) is 0 Å². The number of hydrogen-bond acceptors (Lipinski definition) is 2. The molecule has 1 saturated heterocycles. The van der Waals surface area contributed by atoms with Crippen LogP contribution in [0.2, 0.25) is 0 Å². The van der Waals surface area contributed by atoms with Crippen molar-refractivity contribution >= 4 is 5.91 Å². The second-order valence-electron chi connectivity index (χ2n) is 3.82. The number of hydrogen-bond donors (Lipinski definition) is 1. The highest BCUT2D eigenvalue weighted by Gasteiger charge is 2.27. The SMILES string of the molecule is O=C(c1cc(F)ccc1F)N1CCC(O)C1. The summed E-state index contributed by atoms with van der Waals surface area (Å²) in [5.74, 6) is -1.97. The normalized spacial score (nSPS) is 20.2. The molecule has 5 heteroatoms. The Morgan fingerprint density at radius 1 is 1.44 bits per heavy atom. The van der Waals surface area contributed by atoms with Crippen LogP contribution in [0, 0.1) is 11.6 Å². The van der Waals surface area contributed by atoms with Crippen LogP contribution in [-0.2, 0) is 0 Å². The highest BCUT2D eigenvalue weighted by molar-refractivity contribution is 5.94. The maximum atomic E-state index is 13.3. The number of carbonyl (C=O) groups is 1. The zero-order chi connectivity index (χ0) is 11.7. The van der Waals surface area contributed by atoms with Gasteiger partial charge in [0.1, 0.15) is 11.6 Å². The van der Waals surface area contributed by atoms with Crippen molar-refractivity contribution in [2.75, 3.05) is 13.1 Å². The van der Waals surface area contributed by atoms with Gasteiger partial charge in [0.2, 0.25) is 0 Å². The molecule has 0 saturated carbocycles. The molecule has 2 rings (SSSR count). The molecule has 1 atom stereocenters. The molecule has 1 aliphatic heterocycles. The van der Waals surface area contributed by atoms with Gasteiger partial charge in [0.25, 0.3) is 5.91 Å². The van der Waals surface area contributed by atoms with Gasteiger partial charge in [-0.1, -0.05) is 0 Å². The molecule has 0 spiro atoms. The summed E-state index contributed by atoms with van der Waals surface area (Å²) < 4.78 is 26.2. The van der Waals surface area contributed by atoms with Crippen LogP contribution in [0.5, 0.6) is 0 Å². The van der Waals surface area contributed by atoms with E-state index in [1.807, 2.05) is 0 Å². The van der Waals surface area contributed by atoms with E-state index in [1.165, 1.54) is 4.90 Å². The number of carbonyl (C=O) groups excluding carboxylic acids is 1. The minimum Gasteiger partial charge on any atom is -0.391 e. The highest BCUT2D eigenvalue weighted by Crippen LogP contribution is 2.16. The first-order valence-corrected chi connectivity index (χ1v) is 5.00. The highest BCUT2D eigenvalue weighted by atomic mass is 19.1. The zero-order valence-electron chi connectivity index (χ0n) is 8.49. The molecule has 3 nitrogen and oxygen atoms in total. The molecular weight excluding hydrogens is 216 g/mol. The average molecular weight is 227 g/mol. The van der Waals surface area contributed by atoms with E-state index < -0.39 is 23.6 Å². The third-order valence-corrected chi connectivity index (χ3v) is 2.61. The lowest BCUT2D eigenvalue weighted by atomic mass is 10.2. The second-order valence-corrected chi connectivity index (χ2v) is 3.82. The van der Waals surface area contributed by atoms with E-state index in [4.69, 9.17) is 0 Å². The van der Waals surface area contributed by atoms with E-state index in [2.05, 4.69) is 0 Å². The van der Waals surface area contributed by atoms with Crippen LogP contribution < -0.4 is 0 Å². The monoisotopic (exact) mass is 227 g/mol. The van der Waals surface area contributed by atoms with Crippen molar-refractivity contribution in [2.45, 2.75) is 12.5 Å². The maximum absolute atomic E-state index is 13.3. The Labute approximate surface area is 91.3 Å². The average Bonchev–Trinajstić information content (AvgIpc) is 2.67. The number of aliphatic hydroxyl groups is 1. The van der Waals surface area contributed by atoms with Gasteiger partial charge < -0.3 is 10.0 Å². The molecule has 1 fully saturated rings. The van der Waals surface area contributed by atoms with Gasteiger partial charge in [-0.05, 0) is 24.6 Å². The molecular formula is C11H11F2NO2. The summed E-state index contributed by atoms with van der Waals surface area (Å²) in [5, 5.41) is 9.26. The number of nitrogens with zero attached hydrogens (tertiary/aromatic N) is 1. The van der Waals surface area contributed by atoms with E-state index in [-0.39, 0.29) is 12.1 Å². The van der Waals surface area contributed by atoms with Crippen molar-refractivity contribution in [3.8, 4) is 0 Å². The number of likely N-dealkylation sites (tertiary alicyclic amines) is 1. The molecule has 1 unspecified atom stereocenters. The minimum atomic E-state index is -0.743. The second kappa shape index (κ2) is 4.17. The van der Waals surface area contributed by atoms with Gasteiger partial charge in [0, 0.05) is 13.1 Å². The summed E-state index contributed by atoms with van der Waals surface area (Å²) in [5.41, 5.74) is -0.283. The molecule has 1 aromatic rings. The summed E-state index contributed by atoms with van der Waals surface area (Å²) in [7, 11) is 0. The number of rotatable bonds is 1. The van der Waals surface area contributed by atoms with Gasteiger partial charge in [-0.3, -0.25) is 4.79 Å². The van der Waals surface area contributed by atoms with Crippen LogP contribution in [0.3, 0.4) is 0 Å². The lowest BCUT2D eigenvalue weighted by Gasteiger charge is -2.15. The number of amides is 1. The Kier molecular flexibility index (Phi) is 2.87. The van der Waals surface area contributed by atoms with Gasteiger partial charge in [-0.2, -0.15) is 0 Å². The van der Waals surface area contributed by atoms with E-state index in [9.17, 15) is 18.7 Å². The fraction of sp³-hybridized carbons (Fsp3) is 0.364. The van der Waals surface area contributed by atoms with Gasteiger partial charge in [-0.25, -0.2) is 8.78 Å². The fourth-order valence-electron chi connectivity index (χ4n) is 1.76. The number of aliphatic hydroxyl groups excluding tert-OH is 1. The molecule has 86 valence electrons. The fourth-order valence-corrected chi connectivity index (χ4v) is 1.76. The van der Waals surface area contributed by atoms with Gasteiger partial charge >= 0.3 is 0 Å². The molecule has 0 radical (unpaired) electrons. The lowest BCUT2D eigenvalue weighted by molar-refractivity contribution is 0.0760. The van der Waals surface area contributed by atoms with Crippen molar-refractivity contribution in [1.82, 2.24) is 4.90 Å².